The van der Waals surface area contributed by atoms with Gasteiger partial charge >= 0.3 is 0 Å². The molecule has 3 rings (SSSR count). The van der Waals surface area contributed by atoms with Crippen LogP contribution in [0.15, 0.2) is 69.7 Å². The molecule has 0 radical (unpaired) electrons. The van der Waals surface area contributed by atoms with E-state index in [-0.39, 0.29) is 0 Å². The largest absolute Gasteiger partial charge is 0.371 e. The van der Waals surface area contributed by atoms with Crippen LogP contribution in [-0.2, 0) is 4.93 Å². The van der Waals surface area contributed by atoms with Gasteiger partial charge < -0.3 is 10.4 Å². The molecule has 0 saturated carbocycles. The number of nitrogens with one attached hydrogen (secondary N) is 1. The summed E-state index contributed by atoms with van der Waals surface area (Å²) in [5, 5.41) is 14.4. The van der Waals surface area contributed by atoms with E-state index in [4.69, 9.17) is 0 Å². The van der Waals surface area contributed by atoms with E-state index < -0.39 is 4.93 Å². The quantitative estimate of drug-likeness (QED) is 0.782. The molecule has 2 aromatic rings. The van der Waals surface area contributed by atoms with Gasteiger partial charge in [0.15, 0.2) is 4.93 Å². The van der Waals surface area contributed by atoms with Crippen molar-refractivity contribution >= 4 is 33.4 Å². The van der Waals surface area contributed by atoms with Gasteiger partial charge in [0.2, 0.25) is 0 Å². The lowest BCUT2D eigenvalue weighted by Gasteiger charge is -2.24. The number of anilines is 1. The highest BCUT2D eigenvalue weighted by Crippen LogP contribution is 2.46. The normalized spacial score (nSPS) is 21.4. The third-order valence-electron chi connectivity index (χ3n) is 3.15. The van der Waals surface area contributed by atoms with Gasteiger partial charge in [-0.1, -0.05) is 52.0 Å². The molecule has 4 heteroatoms. The Balaban J connectivity index is 2.08. The number of thioether (sulfide) groups is 1. The monoisotopic (exact) mass is 347 g/mol. The van der Waals surface area contributed by atoms with Gasteiger partial charge in [-0.15, -0.1) is 0 Å². The fourth-order valence-corrected chi connectivity index (χ4v) is 3.69. The molecule has 0 spiro atoms. The van der Waals surface area contributed by atoms with E-state index in [0.717, 1.165) is 26.3 Å². The van der Waals surface area contributed by atoms with E-state index in [2.05, 4.69) is 21.2 Å². The minimum atomic E-state index is -1.07. The van der Waals surface area contributed by atoms with Crippen molar-refractivity contribution in [2.24, 2.45) is 0 Å². The van der Waals surface area contributed by atoms with E-state index in [1.165, 1.54) is 11.8 Å². The van der Waals surface area contributed by atoms with Crippen molar-refractivity contribution < 1.29 is 5.11 Å². The van der Waals surface area contributed by atoms with E-state index in [0.29, 0.717) is 0 Å². The lowest BCUT2D eigenvalue weighted by molar-refractivity contribution is 0.189. The highest BCUT2D eigenvalue weighted by molar-refractivity contribution is 9.10. The number of hydrogen-bond donors (Lipinski definition) is 2. The first kappa shape index (κ1) is 13.7. The lowest BCUT2D eigenvalue weighted by atomic mass is 10.1. The highest BCUT2D eigenvalue weighted by atomic mass is 79.9. The lowest BCUT2D eigenvalue weighted by Crippen LogP contribution is -2.18. The SMILES string of the molecule is CC1=CC(O)(c2ccc(Br)cc2)Sc2ccccc2N1. The molecule has 0 saturated heterocycles. The molecule has 0 bridgehead atoms. The summed E-state index contributed by atoms with van der Waals surface area (Å²) in [4.78, 5) is -0.0317. The number of allylic oxidation sites excluding steroid dienone is 1. The van der Waals surface area contributed by atoms with Gasteiger partial charge in [0.1, 0.15) is 0 Å². The predicted molar refractivity (Wildman–Crippen MR) is 87.7 cm³/mol. The molecule has 1 aliphatic rings. The van der Waals surface area contributed by atoms with E-state index in [9.17, 15) is 5.11 Å². The van der Waals surface area contributed by atoms with Crippen molar-refractivity contribution in [3.8, 4) is 0 Å². The Morgan fingerprint density at radius 1 is 1.10 bits per heavy atom. The zero-order chi connectivity index (χ0) is 14.2. The number of rotatable bonds is 1. The Hall–Kier alpha value is -1.23. The van der Waals surface area contributed by atoms with Gasteiger partial charge in [-0.3, -0.25) is 0 Å². The minimum absolute atomic E-state index is 0.864. The molecule has 1 atom stereocenters. The molecule has 2 nitrogen and oxygen atoms in total. The molecule has 2 N–H and O–H groups in total. The molecule has 102 valence electrons. The predicted octanol–water partition coefficient (Wildman–Crippen LogP) is 4.72. The van der Waals surface area contributed by atoms with Crippen molar-refractivity contribution in [1.29, 1.82) is 0 Å². The first-order valence-electron chi connectivity index (χ1n) is 6.30. The topological polar surface area (TPSA) is 32.3 Å². The first-order valence-corrected chi connectivity index (χ1v) is 7.91. The summed E-state index contributed by atoms with van der Waals surface area (Å²) in [6, 6.07) is 15.8. The van der Waals surface area contributed by atoms with Crippen LogP contribution < -0.4 is 5.32 Å². The van der Waals surface area contributed by atoms with Crippen LogP contribution in [0.2, 0.25) is 0 Å². The van der Waals surface area contributed by atoms with Crippen LogP contribution in [-0.4, -0.2) is 5.11 Å². The molecular formula is C16H14BrNOS. The zero-order valence-electron chi connectivity index (χ0n) is 10.9. The smallest absolute Gasteiger partial charge is 0.161 e. The summed E-state index contributed by atoms with van der Waals surface area (Å²) in [7, 11) is 0. The average molecular weight is 348 g/mol. The van der Waals surface area contributed by atoms with E-state index >= 15 is 0 Å². The van der Waals surface area contributed by atoms with Gasteiger partial charge in [0.25, 0.3) is 0 Å². The third-order valence-corrected chi connectivity index (χ3v) is 4.92. The van der Waals surface area contributed by atoms with Gasteiger partial charge in [-0.25, -0.2) is 0 Å². The fourth-order valence-electron chi connectivity index (χ4n) is 2.23. The summed E-state index contributed by atoms with van der Waals surface area (Å²) in [6.45, 7) is 1.96. The fraction of sp³-hybridized carbons (Fsp3) is 0.125. The number of hydrogen-bond acceptors (Lipinski definition) is 3. The number of aliphatic hydroxyl groups is 1. The van der Waals surface area contributed by atoms with Crippen LogP contribution in [0.3, 0.4) is 0 Å². The number of benzene rings is 2. The van der Waals surface area contributed by atoms with Crippen molar-refractivity contribution in [2.75, 3.05) is 5.32 Å². The van der Waals surface area contributed by atoms with Crippen molar-refractivity contribution in [1.82, 2.24) is 0 Å². The highest BCUT2D eigenvalue weighted by Gasteiger charge is 2.31. The zero-order valence-corrected chi connectivity index (χ0v) is 13.3. The molecule has 1 heterocycles. The second-order valence-corrected chi connectivity index (χ2v) is 6.94. The summed E-state index contributed by atoms with van der Waals surface area (Å²) < 4.78 is 1.00. The van der Waals surface area contributed by atoms with Crippen LogP contribution in [0, 0.1) is 0 Å². The van der Waals surface area contributed by atoms with Gasteiger partial charge in [-0.05, 0) is 42.8 Å². The number of fused-ring (bicyclic) bond motifs is 1. The summed E-state index contributed by atoms with van der Waals surface area (Å²) in [6.07, 6.45) is 1.86. The van der Waals surface area contributed by atoms with Gasteiger partial charge in [-0.2, -0.15) is 0 Å². The van der Waals surface area contributed by atoms with Crippen LogP contribution in [0.25, 0.3) is 0 Å². The molecule has 0 amide bonds. The van der Waals surface area contributed by atoms with Crippen molar-refractivity contribution in [3.05, 3.63) is 70.3 Å². The molecule has 1 aliphatic heterocycles. The Bertz CT molecular complexity index is 668. The molecule has 0 aliphatic carbocycles. The number of halogens is 1. The molecule has 0 aromatic heterocycles. The molecular weight excluding hydrogens is 334 g/mol. The third kappa shape index (κ3) is 2.64. The van der Waals surface area contributed by atoms with Crippen LogP contribution >= 0.6 is 27.7 Å². The van der Waals surface area contributed by atoms with Crippen LogP contribution in [0.5, 0.6) is 0 Å². The summed E-state index contributed by atoms with van der Waals surface area (Å²) in [5.41, 5.74) is 2.83. The Labute approximate surface area is 131 Å². The van der Waals surface area contributed by atoms with E-state index in [1.807, 2.05) is 61.5 Å². The maximum Gasteiger partial charge on any atom is 0.161 e. The molecule has 0 fully saturated rings. The Morgan fingerprint density at radius 2 is 1.80 bits per heavy atom. The second-order valence-electron chi connectivity index (χ2n) is 4.75. The van der Waals surface area contributed by atoms with Crippen LogP contribution in [0.1, 0.15) is 12.5 Å². The summed E-state index contributed by atoms with van der Waals surface area (Å²) >= 11 is 4.87. The van der Waals surface area contributed by atoms with Crippen molar-refractivity contribution in [3.63, 3.8) is 0 Å². The Morgan fingerprint density at radius 3 is 2.55 bits per heavy atom. The summed E-state index contributed by atoms with van der Waals surface area (Å²) in [5.74, 6) is 0. The van der Waals surface area contributed by atoms with Crippen molar-refractivity contribution in [2.45, 2.75) is 16.8 Å². The number of para-hydroxylation sites is 1. The first-order chi connectivity index (χ1) is 9.57. The molecule has 2 aromatic carbocycles. The second kappa shape index (κ2) is 5.28. The van der Waals surface area contributed by atoms with E-state index in [1.54, 1.807) is 0 Å². The minimum Gasteiger partial charge on any atom is -0.371 e. The standard InChI is InChI=1S/C16H14BrNOS/c1-11-10-16(19,12-6-8-13(17)9-7-12)20-15-5-3-2-4-14(15)18-11/h2-10,18-19H,1H3. The van der Waals surface area contributed by atoms with Crippen LogP contribution in [0.4, 0.5) is 5.69 Å². The van der Waals surface area contributed by atoms with Gasteiger partial charge in [0, 0.05) is 15.1 Å². The molecule has 20 heavy (non-hydrogen) atoms. The van der Waals surface area contributed by atoms with Gasteiger partial charge in [0.05, 0.1) is 5.69 Å². The molecule has 1 unspecified atom stereocenters. The Kier molecular flexibility index (Phi) is 3.63. The maximum atomic E-state index is 11.1. The maximum absolute atomic E-state index is 11.1. The average Bonchev–Trinajstić information content (AvgIpc) is 2.54.